The Bertz CT molecular complexity index is 2060. The van der Waals surface area contributed by atoms with Gasteiger partial charge in [-0.25, -0.2) is 18.8 Å². The Morgan fingerprint density at radius 2 is 1.71 bits per heavy atom. The van der Waals surface area contributed by atoms with Gasteiger partial charge in [-0.05, 0) is 88.4 Å². The third kappa shape index (κ3) is 8.85. The first kappa shape index (κ1) is 52.3. The van der Waals surface area contributed by atoms with Crippen molar-refractivity contribution in [3.05, 3.63) is 47.0 Å². The Balaban J connectivity index is 1.42. The Labute approximate surface area is 401 Å². The molecule has 16 nitrogen and oxygen atoms in total. The smallest absolute Gasteiger partial charge is 0.407 e. The number of hydrogen-bond donors (Lipinski definition) is 3. The maximum atomic E-state index is 15.5. The highest BCUT2D eigenvalue weighted by Gasteiger charge is 2.77. The molecule has 3 aliphatic carbocycles. The van der Waals surface area contributed by atoms with Gasteiger partial charge in [0.25, 0.3) is 0 Å². The summed E-state index contributed by atoms with van der Waals surface area (Å²) in [4.78, 5) is 58.5. The molecule has 0 aromatic heterocycles. The lowest BCUT2D eigenvalue weighted by molar-refractivity contribution is -0.345. The van der Waals surface area contributed by atoms with Gasteiger partial charge in [-0.3, -0.25) is 9.69 Å². The zero-order valence-corrected chi connectivity index (χ0v) is 42.8. The number of amides is 1. The number of alkyl halides is 1. The molecule has 7 rings (SSSR count). The summed E-state index contributed by atoms with van der Waals surface area (Å²) in [6.07, 6.45) is -5.92. The molecule has 3 aliphatic heterocycles. The quantitative estimate of drug-likeness (QED) is 0.0694. The highest BCUT2D eigenvalue weighted by molar-refractivity contribution is 6.73. The molecular weight excluding hydrogens is 900 g/mol. The number of esters is 3. The molecular formula is C50H75FN2O14Si. The van der Waals surface area contributed by atoms with Crippen molar-refractivity contribution in [3.63, 3.8) is 0 Å². The van der Waals surface area contributed by atoms with Crippen LogP contribution < -0.4 is 5.32 Å². The predicted molar refractivity (Wildman–Crippen MR) is 248 cm³/mol. The van der Waals surface area contributed by atoms with E-state index in [-0.39, 0.29) is 31.2 Å². The lowest BCUT2D eigenvalue weighted by Crippen LogP contribution is -2.79. The van der Waals surface area contributed by atoms with E-state index in [1.165, 1.54) is 13.8 Å². The first-order chi connectivity index (χ1) is 32.0. The summed E-state index contributed by atoms with van der Waals surface area (Å²) in [6, 6.07) is 8.55. The number of nitrogens with one attached hydrogen (secondary N) is 1. The summed E-state index contributed by atoms with van der Waals surface area (Å²) in [5.74, 6) is -3.27. The summed E-state index contributed by atoms with van der Waals surface area (Å²) >= 11 is 0. The minimum Gasteiger partial charge on any atom is -0.456 e. The first-order valence-corrected chi connectivity index (χ1v) is 27.2. The number of fused-ring (bicyclic) bond motifs is 8. The van der Waals surface area contributed by atoms with Gasteiger partial charge in [0.1, 0.15) is 36.7 Å². The van der Waals surface area contributed by atoms with E-state index in [1.807, 2.05) is 48.5 Å². The predicted octanol–water partition coefficient (Wildman–Crippen LogP) is 6.16. The fourth-order valence-electron chi connectivity index (χ4n) is 12.5. The normalized spacial score (nSPS) is 35.4. The van der Waals surface area contributed by atoms with Gasteiger partial charge in [0.05, 0.1) is 42.9 Å². The lowest BCUT2D eigenvalue weighted by Gasteiger charge is -2.68. The van der Waals surface area contributed by atoms with E-state index in [2.05, 4.69) is 10.2 Å². The number of hydrogen-bond acceptors (Lipinski definition) is 15. The van der Waals surface area contributed by atoms with E-state index < -0.39 is 121 Å². The lowest BCUT2D eigenvalue weighted by atomic mass is 9.45. The summed E-state index contributed by atoms with van der Waals surface area (Å²) in [5, 5.41) is 26.8. The molecule has 18 heteroatoms. The first-order valence-electron chi connectivity index (χ1n) is 24.6. The second kappa shape index (κ2) is 19.6. The maximum absolute atomic E-state index is 15.5. The monoisotopic (exact) mass is 974 g/mol. The molecule has 1 aromatic rings. The van der Waals surface area contributed by atoms with E-state index in [0.717, 1.165) is 13.0 Å². The molecule has 3 N–H and O–H groups in total. The van der Waals surface area contributed by atoms with Crippen molar-refractivity contribution >= 4 is 32.3 Å². The largest absolute Gasteiger partial charge is 0.456 e. The van der Waals surface area contributed by atoms with Crippen LogP contribution in [0.1, 0.15) is 112 Å². The Morgan fingerprint density at radius 3 is 2.25 bits per heavy atom. The van der Waals surface area contributed by atoms with Crippen molar-refractivity contribution in [2.45, 2.75) is 192 Å². The van der Waals surface area contributed by atoms with Crippen LogP contribution in [0.15, 0.2) is 41.5 Å². The summed E-state index contributed by atoms with van der Waals surface area (Å²) in [7, 11) is -2.79. The molecule has 380 valence electrons. The molecule has 6 aliphatic rings. The van der Waals surface area contributed by atoms with Crippen LogP contribution in [0.4, 0.5) is 9.18 Å². The number of aliphatic hydroxyl groups is 2. The van der Waals surface area contributed by atoms with Crippen LogP contribution in [0, 0.1) is 16.7 Å². The molecule has 2 bridgehead atoms. The number of halogens is 1. The number of nitrogens with zero attached hydrogens (tertiary/aromatic N) is 1. The second-order valence-electron chi connectivity index (χ2n) is 21.2. The average Bonchev–Trinajstić information content (AvgIpc) is 3.70. The number of ether oxygens (including phenoxy) is 7. The van der Waals surface area contributed by atoms with Gasteiger partial charge in [-0.1, -0.05) is 59.7 Å². The number of rotatable bonds is 17. The van der Waals surface area contributed by atoms with Crippen LogP contribution in [0.25, 0.3) is 0 Å². The molecule has 5 fully saturated rings. The molecule has 1 aromatic carbocycles. The summed E-state index contributed by atoms with van der Waals surface area (Å²) in [5.41, 5.74) is -6.61. The van der Waals surface area contributed by atoms with E-state index in [0.29, 0.717) is 48.7 Å². The van der Waals surface area contributed by atoms with Crippen molar-refractivity contribution in [2.24, 2.45) is 16.7 Å². The Hall–Kier alpha value is -3.49. The molecule has 1 amide bonds. The summed E-state index contributed by atoms with van der Waals surface area (Å²) in [6.45, 7) is 19.2. The van der Waals surface area contributed by atoms with Crippen LogP contribution in [0.3, 0.4) is 0 Å². The number of aliphatic hydroxyl groups excluding tert-OH is 1. The second-order valence-corrected chi connectivity index (χ2v) is 25.9. The number of carbonyl (C=O) groups excluding carboxylic acids is 4. The van der Waals surface area contributed by atoms with Gasteiger partial charge < -0.3 is 53.1 Å². The van der Waals surface area contributed by atoms with Crippen LogP contribution in [0.2, 0.25) is 18.1 Å². The van der Waals surface area contributed by atoms with Crippen LogP contribution >= 0.6 is 0 Å². The van der Waals surface area contributed by atoms with Crippen molar-refractivity contribution < 1.29 is 71.4 Å². The number of likely N-dealkylation sites (tertiary alicyclic amines) is 1. The van der Waals surface area contributed by atoms with Crippen LogP contribution in [-0.4, -0.2) is 152 Å². The number of carbonyl (C=O) groups is 4. The van der Waals surface area contributed by atoms with Crippen molar-refractivity contribution in [3.8, 4) is 0 Å². The average molecular weight is 975 g/mol. The van der Waals surface area contributed by atoms with Crippen molar-refractivity contribution in [1.82, 2.24) is 10.2 Å². The summed E-state index contributed by atoms with van der Waals surface area (Å²) < 4.78 is 67.9. The van der Waals surface area contributed by atoms with Crippen LogP contribution in [0.5, 0.6) is 0 Å². The molecule has 0 radical (unpaired) electrons. The van der Waals surface area contributed by atoms with Gasteiger partial charge in [0, 0.05) is 43.3 Å². The maximum Gasteiger partial charge on any atom is 0.407 e. The third-order valence-corrected chi connectivity index (χ3v) is 21.6. The molecule has 68 heavy (non-hydrogen) atoms. The van der Waals surface area contributed by atoms with E-state index >= 15 is 9.18 Å². The molecule has 13 atom stereocenters. The Kier molecular flexibility index (Phi) is 15.1. The fraction of sp³-hybridized carbons (Fsp3) is 0.760. The van der Waals surface area contributed by atoms with Crippen molar-refractivity contribution in [1.29, 1.82) is 0 Å². The SMILES string of the molecule is CC[Si](CC)(CC)O[C@@](C)(C(=O)O[C@H]1C[C@@]2(O)[C@@H](OC(=O)c3ccccc3)[C@H]3[C@@](C)(CC[C@H]4OC[C@]43OC(C)=O)[C@@H]3O[C@H](CN4CC[C@H]4CO)O[C@@H]3C(=C1C)C2(C)C)[C@H](CF)NC(=O)OC(C)C. The van der Waals surface area contributed by atoms with Crippen molar-refractivity contribution in [2.75, 3.05) is 33.0 Å². The molecule has 0 unspecified atom stereocenters. The van der Waals surface area contributed by atoms with E-state index in [4.69, 9.17) is 37.6 Å². The fourth-order valence-corrected chi connectivity index (χ4v) is 15.6. The van der Waals surface area contributed by atoms with E-state index in [9.17, 15) is 24.6 Å². The van der Waals surface area contributed by atoms with Gasteiger partial charge in [0.15, 0.2) is 25.8 Å². The number of benzene rings is 1. The zero-order valence-electron chi connectivity index (χ0n) is 41.8. The molecule has 3 saturated heterocycles. The topological polar surface area (TPSA) is 198 Å². The molecule has 3 heterocycles. The Morgan fingerprint density at radius 1 is 1.03 bits per heavy atom. The minimum absolute atomic E-state index is 0.0315. The van der Waals surface area contributed by atoms with Gasteiger partial charge >= 0.3 is 24.0 Å². The van der Waals surface area contributed by atoms with Gasteiger partial charge in [-0.2, -0.15) is 0 Å². The molecule has 2 saturated carbocycles. The highest BCUT2D eigenvalue weighted by atomic mass is 28.4. The van der Waals surface area contributed by atoms with Crippen LogP contribution in [-0.2, 0) is 47.2 Å². The molecule has 0 spiro atoms. The number of alkyl carbamates (subject to hydrolysis) is 1. The third-order valence-electron chi connectivity index (χ3n) is 16.9. The van der Waals surface area contributed by atoms with E-state index in [1.54, 1.807) is 44.2 Å². The standard InChI is InChI=1S/C50H75FN2O14Si/c1-12-68(13-2,14-3)67-48(11,35(25-51)52-45(58)61-29(4)5)44(57)62-34-24-50(59)42(65-43(56)32-18-16-15-17-19-32)40-47(10,22-20-36-49(40,28-60-36)66-31(7)55)41-39(38(30(34)6)46(50,8)9)63-37(64-41)26-53-23-21-33(53)27-54/h15-19,29,33-37,39-42,54,59H,12-14,20-28H2,1-11H3,(H,52,58)/t33-,34-,35-,36+,37+,39+,40-,41+,42-,47+,48+,49-,50+/m0/s1. The van der Waals surface area contributed by atoms with Gasteiger partial charge in [-0.15, -0.1) is 0 Å². The van der Waals surface area contributed by atoms with Gasteiger partial charge in [0.2, 0.25) is 0 Å². The highest BCUT2D eigenvalue weighted by Crippen LogP contribution is 2.67. The minimum atomic E-state index is -2.79. The zero-order chi connectivity index (χ0) is 49.8.